The molecular weight excluding hydrogens is 277 g/mol. The summed E-state index contributed by atoms with van der Waals surface area (Å²) in [5.74, 6) is -1.65. The van der Waals surface area contributed by atoms with Crippen LogP contribution in [0.15, 0.2) is 24.3 Å². The summed E-state index contributed by atoms with van der Waals surface area (Å²) in [5, 5.41) is 16.8. The molecule has 0 amide bonds. The van der Waals surface area contributed by atoms with Gasteiger partial charge in [-0.3, -0.25) is 14.7 Å². The van der Waals surface area contributed by atoms with Gasteiger partial charge in [0.15, 0.2) is 0 Å². The van der Waals surface area contributed by atoms with E-state index in [1.165, 1.54) is 12.1 Å². The van der Waals surface area contributed by atoms with Crippen LogP contribution in [0.5, 0.6) is 0 Å². The van der Waals surface area contributed by atoms with Gasteiger partial charge < -0.3 is 0 Å². The summed E-state index contributed by atoms with van der Waals surface area (Å²) in [4.78, 5) is 9.75. The van der Waals surface area contributed by atoms with Gasteiger partial charge in [0, 0.05) is 10.6 Å². The number of nitro groups is 1. The number of halogens is 3. The Labute approximate surface area is 111 Å². The van der Waals surface area contributed by atoms with Crippen LogP contribution in [0.1, 0.15) is 17.2 Å². The topological polar surface area (TPSA) is 73.8 Å². The molecule has 0 aliphatic heterocycles. The lowest BCUT2D eigenvalue weighted by Crippen LogP contribution is -2.16. The lowest BCUT2D eigenvalue weighted by atomic mass is 10.2. The number of rotatable bonds is 3. The predicted molar refractivity (Wildman–Crippen MR) is 61.8 cm³/mol. The van der Waals surface area contributed by atoms with Gasteiger partial charge in [-0.05, 0) is 19.1 Å². The van der Waals surface area contributed by atoms with Gasteiger partial charge in [0.2, 0.25) is 11.6 Å². The second kappa shape index (κ2) is 4.91. The van der Waals surface area contributed by atoms with Crippen LogP contribution in [0.2, 0.25) is 0 Å². The predicted octanol–water partition coefficient (Wildman–Crippen LogP) is 2.37. The van der Waals surface area contributed by atoms with Gasteiger partial charge in [-0.2, -0.15) is 13.2 Å². The van der Waals surface area contributed by atoms with Crippen LogP contribution in [-0.4, -0.2) is 19.7 Å². The molecule has 1 aromatic carbocycles. The summed E-state index contributed by atoms with van der Waals surface area (Å²) in [6, 6.07) is 6.06. The quantitative estimate of drug-likeness (QED) is 0.641. The van der Waals surface area contributed by atoms with Crippen LogP contribution in [0, 0.1) is 17.0 Å². The molecule has 0 saturated carbocycles. The summed E-state index contributed by atoms with van der Waals surface area (Å²) in [7, 11) is 0. The Balaban J connectivity index is 2.60. The first-order chi connectivity index (χ1) is 9.29. The molecule has 1 aromatic heterocycles. The maximum atomic E-state index is 12.9. The molecule has 106 valence electrons. The van der Waals surface area contributed by atoms with Gasteiger partial charge in [-0.1, -0.05) is 17.7 Å². The minimum absolute atomic E-state index is 0.129. The Bertz CT molecular complexity index is 634. The molecule has 2 aromatic rings. The fourth-order valence-electron chi connectivity index (χ4n) is 1.68. The third-order valence-electron chi connectivity index (χ3n) is 2.55. The van der Waals surface area contributed by atoms with E-state index in [4.69, 9.17) is 0 Å². The minimum Gasteiger partial charge on any atom is -0.270 e. The molecule has 9 heteroatoms. The molecular formula is C11H9F3N4O2. The van der Waals surface area contributed by atoms with Crippen LogP contribution in [0.4, 0.5) is 13.2 Å². The highest BCUT2D eigenvalue weighted by molar-refractivity contribution is 5.36. The molecule has 0 unspecified atom stereocenters. The third-order valence-corrected chi connectivity index (χ3v) is 2.55. The number of aromatic nitrogens is 3. The van der Waals surface area contributed by atoms with Crippen LogP contribution in [-0.2, 0) is 12.7 Å². The van der Waals surface area contributed by atoms with Crippen molar-refractivity contribution < 1.29 is 18.1 Å². The highest BCUT2D eigenvalue weighted by atomic mass is 19.4. The normalized spacial score (nSPS) is 11.6. The third kappa shape index (κ3) is 2.76. The number of alkyl halides is 3. The zero-order chi connectivity index (χ0) is 14.9. The molecule has 20 heavy (non-hydrogen) atoms. The Morgan fingerprint density at radius 3 is 2.35 bits per heavy atom. The summed E-state index contributed by atoms with van der Waals surface area (Å²) >= 11 is 0. The summed E-state index contributed by atoms with van der Waals surface area (Å²) in [6.07, 6.45) is -4.74. The molecule has 0 spiro atoms. The molecule has 1 heterocycles. The Morgan fingerprint density at radius 2 is 1.85 bits per heavy atom. The van der Waals surface area contributed by atoms with Crippen molar-refractivity contribution >= 4 is 0 Å². The van der Waals surface area contributed by atoms with Gasteiger partial charge in [-0.25, -0.2) is 0 Å². The van der Waals surface area contributed by atoms with Crippen LogP contribution in [0.3, 0.4) is 0 Å². The van der Waals surface area contributed by atoms with Gasteiger partial charge in [-0.15, -0.1) is 10.2 Å². The van der Waals surface area contributed by atoms with Crippen molar-refractivity contribution in [2.75, 3.05) is 0 Å². The second-order valence-corrected chi connectivity index (χ2v) is 4.10. The van der Waals surface area contributed by atoms with Gasteiger partial charge in [0.1, 0.15) is 0 Å². The molecule has 0 atom stereocenters. The summed E-state index contributed by atoms with van der Waals surface area (Å²) in [5.41, 5.74) is 0.982. The molecule has 6 nitrogen and oxygen atoms in total. The van der Waals surface area contributed by atoms with Crippen molar-refractivity contribution in [1.82, 2.24) is 14.8 Å². The zero-order valence-corrected chi connectivity index (χ0v) is 10.3. The number of aryl methyl sites for hydroxylation is 1. The van der Waals surface area contributed by atoms with Crippen molar-refractivity contribution in [2.45, 2.75) is 19.6 Å². The second-order valence-electron chi connectivity index (χ2n) is 4.10. The smallest absolute Gasteiger partial charge is 0.270 e. The Morgan fingerprint density at radius 1 is 1.25 bits per heavy atom. The monoisotopic (exact) mass is 286 g/mol. The van der Waals surface area contributed by atoms with E-state index >= 15 is 0 Å². The zero-order valence-electron chi connectivity index (χ0n) is 10.3. The highest BCUT2D eigenvalue weighted by Crippen LogP contribution is 2.30. The molecule has 2 rings (SSSR count). The fourth-order valence-corrected chi connectivity index (χ4v) is 1.68. The molecule has 0 fully saturated rings. The van der Waals surface area contributed by atoms with E-state index in [0.29, 0.717) is 4.57 Å². The summed E-state index contributed by atoms with van der Waals surface area (Å²) < 4.78 is 39.3. The van der Waals surface area contributed by atoms with E-state index in [9.17, 15) is 23.3 Å². The van der Waals surface area contributed by atoms with Gasteiger partial charge in [0.05, 0.1) is 0 Å². The fraction of sp³-hybridized carbons (Fsp3) is 0.273. The SMILES string of the molecule is Cc1ccc(-n2c(C[N+](=O)[O-])nnc2C(F)(F)F)cc1. The van der Waals surface area contributed by atoms with Gasteiger partial charge >= 0.3 is 6.18 Å². The maximum absolute atomic E-state index is 12.9. The maximum Gasteiger partial charge on any atom is 0.452 e. The van der Waals surface area contributed by atoms with Crippen LogP contribution >= 0.6 is 0 Å². The molecule has 0 N–H and O–H groups in total. The van der Waals surface area contributed by atoms with Crippen molar-refractivity contribution in [2.24, 2.45) is 0 Å². The lowest BCUT2D eigenvalue weighted by Gasteiger charge is -2.11. The Hall–Kier alpha value is -2.45. The van der Waals surface area contributed by atoms with E-state index in [1.807, 2.05) is 0 Å². The first kappa shape index (κ1) is 14.0. The first-order valence-corrected chi connectivity index (χ1v) is 5.49. The molecule has 0 radical (unpaired) electrons. The molecule has 0 saturated heterocycles. The van der Waals surface area contributed by atoms with E-state index in [1.54, 1.807) is 19.1 Å². The van der Waals surface area contributed by atoms with Crippen LogP contribution < -0.4 is 0 Å². The number of hydrogen-bond donors (Lipinski definition) is 0. The average Bonchev–Trinajstić information content (AvgIpc) is 2.72. The van der Waals surface area contributed by atoms with E-state index in [0.717, 1.165) is 5.56 Å². The molecule has 0 bridgehead atoms. The minimum atomic E-state index is -4.74. The van der Waals surface area contributed by atoms with Gasteiger partial charge in [0.25, 0.3) is 6.54 Å². The average molecular weight is 286 g/mol. The standard InChI is InChI=1S/C11H9F3N4O2/c1-7-2-4-8(5-3-7)18-9(6-17(19)20)15-16-10(18)11(12,13)14/h2-5H,6H2,1H3. The van der Waals surface area contributed by atoms with Crippen molar-refractivity contribution in [1.29, 1.82) is 0 Å². The van der Waals surface area contributed by atoms with Crippen LogP contribution in [0.25, 0.3) is 5.69 Å². The van der Waals surface area contributed by atoms with Crippen molar-refractivity contribution in [3.05, 3.63) is 51.6 Å². The van der Waals surface area contributed by atoms with E-state index < -0.39 is 23.5 Å². The lowest BCUT2D eigenvalue weighted by molar-refractivity contribution is -0.498. The van der Waals surface area contributed by atoms with Crippen molar-refractivity contribution in [3.8, 4) is 5.69 Å². The highest BCUT2D eigenvalue weighted by Gasteiger charge is 2.39. The van der Waals surface area contributed by atoms with E-state index in [2.05, 4.69) is 10.2 Å². The molecule has 0 aliphatic carbocycles. The number of benzene rings is 1. The molecule has 0 aliphatic rings. The first-order valence-electron chi connectivity index (χ1n) is 5.49. The number of hydrogen-bond acceptors (Lipinski definition) is 4. The number of nitrogens with zero attached hydrogens (tertiary/aromatic N) is 4. The largest absolute Gasteiger partial charge is 0.452 e. The van der Waals surface area contributed by atoms with E-state index in [-0.39, 0.29) is 11.5 Å². The summed E-state index contributed by atoms with van der Waals surface area (Å²) in [6.45, 7) is 0.940. The Kier molecular flexibility index (Phi) is 3.43. The van der Waals surface area contributed by atoms with Crippen molar-refractivity contribution in [3.63, 3.8) is 0 Å².